The van der Waals surface area contributed by atoms with Gasteiger partial charge in [-0.2, -0.15) is 0 Å². The lowest BCUT2D eigenvalue weighted by atomic mass is 9.88. The molecule has 3 heterocycles. The molecule has 0 saturated heterocycles. The largest absolute Gasteiger partial charge is 0.336 e. The van der Waals surface area contributed by atoms with E-state index in [1.165, 1.54) is 32.1 Å². The smallest absolute Gasteiger partial charge is 0.332 e. The van der Waals surface area contributed by atoms with E-state index in [-0.39, 0.29) is 17.0 Å². The molecule has 150 valence electrons. The Labute approximate surface area is 168 Å². The summed E-state index contributed by atoms with van der Waals surface area (Å²) >= 11 is 0. The molecule has 1 atom stereocenters. The first-order valence-electron chi connectivity index (χ1n) is 10.4. The third-order valence-corrected chi connectivity index (χ3v) is 6.37. The molecule has 7 nitrogen and oxygen atoms in total. The normalized spacial score (nSPS) is 21.8. The van der Waals surface area contributed by atoms with Crippen LogP contribution in [0.3, 0.4) is 0 Å². The number of hydroxylamine groups is 2. The first-order valence-corrected chi connectivity index (χ1v) is 10.4. The summed E-state index contributed by atoms with van der Waals surface area (Å²) in [5.74, 6) is -0.432. The van der Waals surface area contributed by atoms with Crippen LogP contribution in [0.15, 0.2) is 30.5 Å². The van der Waals surface area contributed by atoms with Crippen molar-refractivity contribution < 1.29 is 19.2 Å². The number of carbonyl (C=O) groups is 3. The number of hydrogen-bond acceptors (Lipinski definition) is 5. The highest BCUT2D eigenvalue weighted by molar-refractivity contribution is 6.20. The van der Waals surface area contributed by atoms with Gasteiger partial charge in [0.05, 0.1) is 17.0 Å². The van der Waals surface area contributed by atoms with Gasteiger partial charge in [-0.25, -0.2) is 9.78 Å². The molecule has 0 N–H and O–H groups in total. The molecule has 1 aromatic carbocycles. The molecule has 0 spiro atoms. The minimum atomic E-state index is -0.584. The molecule has 0 bridgehead atoms. The van der Waals surface area contributed by atoms with Gasteiger partial charge in [0, 0.05) is 30.8 Å². The summed E-state index contributed by atoms with van der Waals surface area (Å²) in [7, 11) is 0. The van der Waals surface area contributed by atoms with Crippen molar-refractivity contribution in [3.63, 3.8) is 0 Å². The zero-order valence-electron chi connectivity index (χ0n) is 16.2. The number of rotatable bonds is 3. The highest BCUT2D eigenvalue weighted by atomic mass is 16.7. The van der Waals surface area contributed by atoms with Gasteiger partial charge in [-0.3, -0.25) is 9.59 Å². The molecule has 1 saturated carbocycles. The Morgan fingerprint density at radius 2 is 1.69 bits per heavy atom. The number of imide groups is 1. The second-order valence-electron chi connectivity index (χ2n) is 8.14. The van der Waals surface area contributed by atoms with Crippen molar-refractivity contribution in [1.29, 1.82) is 0 Å². The van der Waals surface area contributed by atoms with E-state index in [2.05, 4.69) is 9.55 Å². The summed E-state index contributed by atoms with van der Waals surface area (Å²) < 4.78 is 2.25. The third-order valence-electron chi connectivity index (χ3n) is 6.37. The van der Waals surface area contributed by atoms with Gasteiger partial charge in [0.25, 0.3) is 11.8 Å². The van der Waals surface area contributed by atoms with Crippen LogP contribution in [0.5, 0.6) is 0 Å². The lowest BCUT2D eigenvalue weighted by Crippen LogP contribution is -2.37. The molecule has 0 radical (unpaired) electrons. The first-order chi connectivity index (χ1) is 14.1. The fourth-order valence-corrected chi connectivity index (χ4v) is 4.79. The number of carbonyl (C=O) groups excluding carboxylic acids is 3. The van der Waals surface area contributed by atoms with E-state index in [9.17, 15) is 14.4 Å². The van der Waals surface area contributed by atoms with Gasteiger partial charge in [-0.15, -0.1) is 0 Å². The molecule has 2 aromatic rings. The molecule has 7 heteroatoms. The summed E-state index contributed by atoms with van der Waals surface area (Å²) in [5.41, 5.74) is 1.56. The van der Waals surface area contributed by atoms with Crippen molar-refractivity contribution in [2.24, 2.45) is 5.92 Å². The number of fused-ring (bicyclic) bond motifs is 2. The average molecular weight is 393 g/mol. The van der Waals surface area contributed by atoms with Crippen molar-refractivity contribution >= 4 is 17.8 Å². The van der Waals surface area contributed by atoms with Gasteiger partial charge in [-0.1, -0.05) is 36.5 Å². The summed E-state index contributed by atoms with van der Waals surface area (Å²) in [6.07, 6.45) is 9.17. The molecule has 5 rings (SSSR count). The van der Waals surface area contributed by atoms with Crippen LogP contribution in [0.4, 0.5) is 0 Å². The van der Waals surface area contributed by atoms with Crippen LogP contribution in [0.1, 0.15) is 76.7 Å². The molecule has 2 amide bonds. The van der Waals surface area contributed by atoms with Gasteiger partial charge < -0.3 is 9.40 Å². The molecular weight excluding hydrogens is 370 g/mol. The highest BCUT2D eigenvalue weighted by Gasteiger charge is 2.40. The van der Waals surface area contributed by atoms with Gasteiger partial charge in [-0.05, 0) is 31.4 Å². The minimum absolute atomic E-state index is 0.268. The Balaban J connectivity index is 1.28. The Kier molecular flexibility index (Phi) is 4.45. The van der Waals surface area contributed by atoms with E-state index in [1.54, 1.807) is 24.3 Å². The number of aromatic nitrogens is 2. The second-order valence-corrected chi connectivity index (χ2v) is 8.14. The Morgan fingerprint density at radius 3 is 2.38 bits per heavy atom. The van der Waals surface area contributed by atoms with Crippen molar-refractivity contribution in [2.45, 2.75) is 57.4 Å². The van der Waals surface area contributed by atoms with Gasteiger partial charge >= 0.3 is 5.97 Å². The monoisotopic (exact) mass is 393 g/mol. The maximum absolute atomic E-state index is 12.7. The van der Waals surface area contributed by atoms with Crippen LogP contribution in [0, 0.1) is 5.92 Å². The highest BCUT2D eigenvalue weighted by Crippen LogP contribution is 2.34. The van der Waals surface area contributed by atoms with Crippen molar-refractivity contribution in [1.82, 2.24) is 14.6 Å². The van der Waals surface area contributed by atoms with Gasteiger partial charge in [0.15, 0.2) is 0 Å². The van der Waals surface area contributed by atoms with Crippen molar-refractivity contribution in [3.8, 4) is 0 Å². The maximum Gasteiger partial charge on any atom is 0.336 e. The lowest BCUT2D eigenvalue weighted by Gasteiger charge is -2.27. The zero-order chi connectivity index (χ0) is 20.0. The van der Waals surface area contributed by atoms with Gasteiger partial charge in [0.2, 0.25) is 0 Å². The van der Waals surface area contributed by atoms with Crippen LogP contribution < -0.4 is 0 Å². The van der Waals surface area contributed by atoms with Crippen LogP contribution >= 0.6 is 0 Å². The SMILES string of the molecule is O=C(ON1C(=O)c2ccccc2C1=O)C1CCn2c(cnc2C2CCCCC2)C1. The van der Waals surface area contributed by atoms with E-state index < -0.39 is 17.8 Å². The number of amides is 2. The number of hydrogen-bond donors (Lipinski definition) is 0. The second kappa shape index (κ2) is 7.13. The van der Waals surface area contributed by atoms with E-state index >= 15 is 0 Å². The van der Waals surface area contributed by atoms with E-state index in [1.807, 2.05) is 6.20 Å². The standard InChI is InChI=1S/C22H23N3O4/c26-20-17-8-4-5-9-18(17)21(27)25(20)29-22(28)15-10-11-24-16(12-15)13-23-19(24)14-6-2-1-3-7-14/h4-5,8-9,13-15H,1-3,6-7,10-12H2. The topological polar surface area (TPSA) is 81.5 Å². The lowest BCUT2D eigenvalue weighted by molar-refractivity contribution is -0.174. The maximum atomic E-state index is 12.7. The molecule has 29 heavy (non-hydrogen) atoms. The summed E-state index contributed by atoms with van der Waals surface area (Å²) in [6, 6.07) is 6.49. The van der Waals surface area contributed by atoms with Crippen molar-refractivity contribution in [3.05, 3.63) is 53.1 Å². The Bertz CT molecular complexity index is 955. The molecule has 1 aromatic heterocycles. The molecule has 1 aliphatic carbocycles. The summed E-state index contributed by atoms with van der Waals surface area (Å²) in [5, 5.41) is 0.604. The molecule has 1 unspecified atom stereocenters. The van der Waals surface area contributed by atoms with E-state index in [0.717, 1.165) is 11.5 Å². The first kappa shape index (κ1) is 18.1. The van der Waals surface area contributed by atoms with Gasteiger partial charge in [0.1, 0.15) is 5.82 Å². The molecular formula is C22H23N3O4. The van der Waals surface area contributed by atoms with Crippen LogP contribution in [0.25, 0.3) is 0 Å². The number of benzene rings is 1. The van der Waals surface area contributed by atoms with E-state index in [0.29, 0.717) is 30.4 Å². The third kappa shape index (κ3) is 3.05. The van der Waals surface area contributed by atoms with Crippen LogP contribution in [0.2, 0.25) is 0 Å². The molecule has 3 aliphatic rings. The Morgan fingerprint density at radius 1 is 1.00 bits per heavy atom. The van der Waals surface area contributed by atoms with Crippen molar-refractivity contribution in [2.75, 3.05) is 0 Å². The predicted octanol–water partition coefficient (Wildman–Crippen LogP) is 3.25. The molecule has 2 aliphatic heterocycles. The minimum Gasteiger partial charge on any atom is -0.332 e. The summed E-state index contributed by atoms with van der Waals surface area (Å²) in [6.45, 7) is 0.711. The fourth-order valence-electron chi connectivity index (χ4n) is 4.79. The summed E-state index contributed by atoms with van der Waals surface area (Å²) in [4.78, 5) is 47.5. The quantitative estimate of drug-likeness (QED) is 0.748. The average Bonchev–Trinajstić information content (AvgIpc) is 3.29. The fraction of sp³-hybridized carbons (Fsp3) is 0.455. The van der Waals surface area contributed by atoms with Crippen LogP contribution in [-0.4, -0.2) is 32.4 Å². The molecule has 1 fully saturated rings. The number of imidazole rings is 1. The van der Waals surface area contributed by atoms with E-state index in [4.69, 9.17) is 4.84 Å². The van der Waals surface area contributed by atoms with Crippen LogP contribution in [-0.2, 0) is 22.6 Å². The zero-order valence-corrected chi connectivity index (χ0v) is 16.2. The number of nitrogens with zero attached hydrogens (tertiary/aromatic N) is 3. The predicted molar refractivity (Wildman–Crippen MR) is 103 cm³/mol. The Hall–Kier alpha value is -2.96.